The predicted octanol–water partition coefficient (Wildman–Crippen LogP) is 2.75. The summed E-state index contributed by atoms with van der Waals surface area (Å²) in [4.78, 5) is 58.0. The Bertz CT molecular complexity index is 1290. The van der Waals surface area contributed by atoms with Gasteiger partial charge in [0.25, 0.3) is 11.6 Å². The van der Waals surface area contributed by atoms with Gasteiger partial charge in [0.2, 0.25) is 11.8 Å². The molecule has 2 aromatic carbocycles. The summed E-state index contributed by atoms with van der Waals surface area (Å²) in [7, 11) is 0. The van der Waals surface area contributed by atoms with E-state index in [1.807, 2.05) is 31.2 Å². The summed E-state index contributed by atoms with van der Waals surface area (Å²) in [6, 6.07) is 11.7. The molecule has 3 fully saturated rings. The van der Waals surface area contributed by atoms with Gasteiger partial charge in [-0.15, -0.1) is 0 Å². The number of hydrogen-bond acceptors (Lipinski definition) is 6. The van der Waals surface area contributed by atoms with Gasteiger partial charge in [-0.1, -0.05) is 24.3 Å². The van der Waals surface area contributed by atoms with Crippen molar-refractivity contribution in [2.24, 2.45) is 11.8 Å². The van der Waals surface area contributed by atoms with Crippen LogP contribution in [-0.4, -0.2) is 46.7 Å². The Morgan fingerprint density at radius 3 is 2.53 bits per heavy atom. The van der Waals surface area contributed by atoms with Gasteiger partial charge in [0.1, 0.15) is 5.54 Å². The van der Waals surface area contributed by atoms with Gasteiger partial charge in [-0.2, -0.15) is 0 Å². The topological polar surface area (TPSA) is 104 Å². The lowest BCUT2D eigenvalue weighted by Gasteiger charge is -2.37. The first-order chi connectivity index (χ1) is 16.4. The molecule has 4 heterocycles. The summed E-state index contributed by atoms with van der Waals surface area (Å²) in [6.45, 7) is 4.56. The Balaban J connectivity index is 1.56. The number of likely N-dealkylation sites (N-methyl/N-ethyl adjacent to an activating group) is 1. The molecule has 6 rings (SSSR count). The molecule has 4 aliphatic heterocycles. The third kappa shape index (κ3) is 2.25. The van der Waals surface area contributed by atoms with Crippen molar-refractivity contribution >= 4 is 34.8 Å². The highest BCUT2D eigenvalue weighted by molar-refractivity contribution is 6.26. The second-order valence-corrected chi connectivity index (χ2v) is 9.43. The van der Waals surface area contributed by atoms with Crippen LogP contribution in [0.3, 0.4) is 0 Å². The molecule has 3 saturated heterocycles. The molecule has 0 unspecified atom stereocenters. The van der Waals surface area contributed by atoms with Gasteiger partial charge < -0.3 is 4.90 Å². The molecule has 9 nitrogen and oxygen atoms in total. The van der Waals surface area contributed by atoms with E-state index in [0.29, 0.717) is 13.1 Å². The lowest BCUT2D eigenvalue weighted by molar-refractivity contribution is -0.385. The van der Waals surface area contributed by atoms with Crippen LogP contribution in [0.2, 0.25) is 0 Å². The molecule has 4 aliphatic rings. The van der Waals surface area contributed by atoms with Crippen molar-refractivity contribution in [1.29, 1.82) is 0 Å². The van der Waals surface area contributed by atoms with Crippen molar-refractivity contribution in [3.05, 3.63) is 63.7 Å². The number of rotatable bonds is 3. The summed E-state index contributed by atoms with van der Waals surface area (Å²) >= 11 is 0. The highest BCUT2D eigenvalue weighted by Crippen LogP contribution is 2.62. The van der Waals surface area contributed by atoms with Crippen LogP contribution < -0.4 is 9.80 Å². The largest absolute Gasteiger partial charge is 0.310 e. The number of carbonyl (C=O) groups excluding carboxylic acids is 3. The number of anilines is 2. The number of carbonyl (C=O) groups is 3. The van der Waals surface area contributed by atoms with Gasteiger partial charge in [0.15, 0.2) is 0 Å². The van der Waals surface area contributed by atoms with E-state index < -0.39 is 28.2 Å². The zero-order valence-corrected chi connectivity index (χ0v) is 18.9. The molecule has 0 saturated carbocycles. The van der Waals surface area contributed by atoms with Crippen LogP contribution >= 0.6 is 0 Å². The van der Waals surface area contributed by atoms with E-state index in [2.05, 4.69) is 4.90 Å². The molecule has 0 N–H and O–H groups in total. The molecular formula is C25H24N4O5. The third-order valence-electron chi connectivity index (χ3n) is 8.18. The second-order valence-electron chi connectivity index (χ2n) is 9.43. The second kappa shape index (κ2) is 6.96. The number of para-hydroxylation sites is 1. The Morgan fingerprint density at radius 2 is 1.79 bits per heavy atom. The van der Waals surface area contributed by atoms with E-state index in [1.54, 1.807) is 17.9 Å². The molecule has 0 aromatic heterocycles. The minimum atomic E-state index is -1.23. The number of nitro groups is 1. The molecule has 0 radical (unpaired) electrons. The standard InChI is InChI=1S/C25H24N4O5/c1-3-26-18-9-5-4-8-15(18)25(24(26)32)21-20(19-12-7-13-27(19)25)22(30)28(23(21)31)16-10-6-11-17(14(16)2)29(33)34/h4-6,8-11,19-21H,3,7,12-13H2,1-2H3/t19-,20-,21-,25-/m1/s1. The first kappa shape index (κ1) is 21.0. The van der Waals surface area contributed by atoms with Crippen molar-refractivity contribution in [2.45, 2.75) is 38.3 Å². The number of nitrogens with zero attached hydrogens (tertiary/aromatic N) is 4. The Hall–Kier alpha value is -3.59. The summed E-state index contributed by atoms with van der Waals surface area (Å²) in [5.41, 5.74) is 0.678. The van der Waals surface area contributed by atoms with Crippen LogP contribution in [0.5, 0.6) is 0 Å². The molecule has 174 valence electrons. The van der Waals surface area contributed by atoms with E-state index in [1.165, 1.54) is 12.1 Å². The highest BCUT2D eigenvalue weighted by atomic mass is 16.6. The van der Waals surface area contributed by atoms with Gasteiger partial charge in [-0.05, 0) is 45.4 Å². The average Bonchev–Trinajstić information content (AvgIpc) is 3.52. The first-order valence-electron chi connectivity index (χ1n) is 11.7. The number of amides is 3. The van der Waals surface area contributed by atoms with Gasteiger partial charge in [0.05, 0.1) is 28.0 Å². The average molecular weight is 460 g/mol. The van der Waals surface area contributed by atoms with Gasteiger partial charge in [0, 0.05) is 29.9 Å². The Morgan fingerprint density at radius 1 is 1.06 bits per heavy atom. The Labute approximate surface area is 196 Å². The van der Waals surface area contributed by atoms with Gasteiger partial charge >= 0.3 is 0 Å². The molecule has 1 spiro atoms. The van der Waals surface area contributed by atoms with Crippen molar-refractivity contribution in [2.75, 3.05) is 22.9 Å². The molecule has 9 heteroatoms. The van der Waals surface area contributed by atoms with Gasteiger partial charge in [-0.25, -0.2) is 4.90 Å². The molecule has 0 aliphatic carbocycles. The molecule has 3 amide bonds. The summed E-state index contributed by atoms with van der Waals surface area (Å²) in [5, 5.41) is 11.5. The number of benzene rings is 2. The minimum Gasteiger partial charge on any atom is -0.310 e. The number of nitro benzene ring substituents is 1. The number of hydrogen-bond donors (Lipinski definition) is 0. The van der Waals surface area contributed by atoms with E-state index in [9.17, 15) is 24.5 Å². The SMILES string of the molecule is CCN1C(=O)[C@@]2(c3ccccc31)[C@H]1C(=O)N(c3cccc([N+](=O)[O-])c3C)C(=O)[C@@H]1[C@H]1CCCN12. The van der Waals surface area contributed by atoms with E-state index in [-0.39, 0.29) is 34.8 Å². The lowest BCUT2D eigenvalue weighted by atomic mass is 9.75. The maximum atomic E-state index is 14.1. The van der Waals surface area contributed by atoms with Gasteiger partial charge in [-0.3, -0.25) is 29.4 Å². The molecule has 2 aromatic rings. The van der Waals surface area contributed by atoms with Crippen molar-refractivity contribution < 1.29 is 19.3 Å². The molecule has 4 atom stereocenters. The van der Waals surface area contributed by atoms with Crippen LogP contribution in [0.1, 0.15) is 30.9 Å². The number of imide groups is 1. The summed E-state index contributed by atoms with van der Waals surface area (Å²) in [5.74, 6) is -2.51. The quantitative estimate of drug-likeness (QED) is 0.396. The van der Waals surface area contributed by atoms with Crippen LogP contribution in [0.25, 0.3) is 0 Å². The smallest absolute Gasteiger partial charge is 0.274 e. The van der Waals surface area contributed by atoms with Crippen LogP contribution in [0.15, 0.2) is 42.5 Å². The zero-order valence-electron chi connectivity index (χ0n) is 18.9. The van der Waals surface area contributed by atoms with Crippen molar-refractivity contribution in [3.8, 4) is 0 Å². The Kier molecular flexibility index (Phi) is 4.29. The monoisotopic (exact) mass is 460 g/mol. The van der Waals surface area contributed by atoms with Crippen LogP contribution in [0, 0.1) is 28.9 Å². The minimum absolute atomic E-state index is 0.146. The fraction of sp³-hybridized carbons (Fsp3) is 0.400. The highest BCUT2D eigenvalue weighted by Gasteiger charge is 2.75. The fourth-order valence-electron chi connectivity index (χ4n) is 6.94. The lowest BCUT2D eigenvalue weighted by Crippen LogP contribution is -2.56. The van der Waals surface area contributed by atoms with Crippen molar-refractivity contribution in [3.63, 3.8) is 0 Å². The summed E-state index contributed by atoms with van der Waals surface area (Å²) in [6.07, 6.45) is 1.57. The summed E-state index contributed by atoms with van der Waals surface area (Å²) < 4.78 is 0. The van der Waals surface area contributed by atoms with E-state index in [4.69, 9.17) is 0 Å². The molecular weight excluding hydrogens is 436 g/mol. The molecule has 0 bridgehead atoms. The van der Waals surface area contributed by atoms with E-state index in [0.717, 1.165) is 29.0 Å². The normalized spacial score (nSPS) is 29.8. The van der Waals surface area contributed by atoms with Crippen LogP contribution in [0.4, 0.5) is 17.1 Å². The number of fused-ring (bicyclic) bond motifs is 7. The fourth-order valence-corrected chi connectivity index (χ4v) is 6.94. The maximum Gasteiger partial charge on any atom is 0.274 e. The zero-order chi connectivity index (χ0) is 23.9. The third-order valence-corrected chi connectivity index (χ3v) is 8.18. The van der Waals surface area contributed by atoms with Crippen molar-refractivity contribution in [1.82, 2.24) is 4.90 Å². The van der Waals surface area contributed by atoms with E-state index >= 15 is 0 Å². The predicted molar refractivity (Wildman–Crippen MR) is 123 cm³/mol. The first-order valence-corrected chi connectivity index (χ1v) is 11.7. The van der Waals surface area contributed by atoms with Crippen LogP contribution in [-0.2, 0) is 19.9 Å². The maximum absolute atomic E-state index is 14.1. The molecule has 34 heavy (non-hydrogen) atoms.